The van der Waals surface area contributed by atoms with Crippen molar-refractivity contribution in [1.82, 2.24) is 20.2 Å². The summed E-state index contributed by atoms with van der Waals surface area (Å²) >= 11 is 6.07. The van der Waals surface area contributed by atoms with Gasteiger partial charge in [-0.2, -0.15) is 5.10 Å². The summed E-state index contributed by atoms with van der Waals surface area (Å²) in [4.78, 5) is 40.1. The Bertz CT molecular complexity index is 1080. The Balaban J connectivity index is 1.55. The highest BCUT2D eigenvalue weighted by atomic mass is 35.5. The van der Waals surface area contributed by atoms with E-state index in [1.165, 1.54) is 22.3 Å². The van der Waals surface area contributed by atoms with Gasteiger partial charge in [-0.25, -0.2) is 14.7 Å². The normalized spacial score (nSPS) is 13.9. The highest BCUT2D eigenvalue weighted by Gasteiger charge is 2.24. The molecule has 2 aromatic carbocycles. The molecule has 1 aliphatic heterocycles. The largest absolute Gasteiger partial charge is 0.320 e. The second-order valence-corrected chi connectivity index (χ2v) is 6.70. The number of anilines is 2. The number of benzene rings is 2. The first kappa shape index (κ1) is 18.6. The first-order valence-electron chi connectivity index (χ1n) is 8.70. The molecular weight excluding hydrogens is 396 g/mol. The zero-order chi connectivity index (χ0) is 20.4. The van der Waals surface area contributed by atoms with E-state index in [1.54, 1.807) is 42.5 Å². The molecule has 0 bridgehead atoms. The van der Waals surface area contributed by atoms with Crippen molar-refractivity contribution >= 4 is 40.7 Å². The monoisotopic (exact) mass is 410 g/mol. The number of hydrogen-bond acceptors (Lipinski definition) is 5. The molecule has 1 aromatic heterocycles. The molecule has 1 fully saturated rings. The summed E-state index contributed by atoms with van der Waals surface area (Å²) in [5.41, 5.74) is 4.44. The van der Waals surface area contributed by atoms with E-state index in [0.717, 1.165) is 0 Å². The fourth-order valence-corrected chi connectivity index (χ4v) is 3.05. The van der Waals surface area contributed by atoms with Crippen LogP contribution in [0.5, 0.6) is 0 Å². The number of carbonyl (C=O) groups excluding carboxylic acids is 3. The van der Waals surface area contributed by atoms with E-state index in [2.05, 4.69) is 20.8 Å². The zero-order valence-electron chi connectivity index (χ0n) is 15.0. The maximum Gasteiger partial charge on any atom is 0.255 e. The average Bonchev–Trinajstić information content (AvgIpc) is 3.24. The number of hydrazine groups is 1. The van der Waals surface area contributed by atoms with Gasteiger partial charge >= 0.3 is 0 Å². The van der Waals surface area contributed by atoms with Gasteiger partial charge in [-0.3, -0.25) is 19.8 Å². The molecule has 0 spiro atoms. The van der Waals surface area contributed by atoms with Gasteiger partial charge in [0.05, 0.1) is 17.1 Å². The van der Waals surface area contributed by atoms with Gasteiger partial charge in [-0.1, -0.05) is 11.6 Å². The van der Waals surface area contributed by atoms with Gasteiger partial charge in [-0.05, 0) is 42.5 Å². The van der Waals surface area contributed by atoms with Crippen molar-refractivity contribution in [3.05, 3.63) is 65.7 Å². The molecule has 2 heterocycles. The molecule has 9 nitrogen and oxygen atoms in total. The molecule has 3 amide bonds. The van der Waals surface area contributed by atoms with Crippen molar-refractivity contribution in [2.75, 3.05) is 10.3 Å². The summed E-state index contributed by atoms with van der Waals surface area (Å²) in [7, 11) is 0. The Morgan fingerprint density at radius 1 is 1.10 bits per heavy atom. The summed E-state index contributed by atoms with van der Waals surface area (Å²) in [6.07, 6.45) is 3.22. The van der Waals surface area contributed by atoms with Gasteiger partial charge in [0.15, 0.2) is 0 Å². The van der Waals surface area contributed by atoms with Crippen LogP contribution in [0.3, 0.4) is 0 Å². The number of halogens is 1. The summed E-state index contributed by atoms with van der Waals surface area (Å²) in [6, 6.07) is 11.3. The van der Waals surface area contributed by atoms with E-state index >= 15 is 0 Å². The summed E-state index contributed by atoms with van der Waals surface area (Å²) in [5, 5.41) is 8.53. The third-order valence-electron chi connectivity index (χ3n) is 4.31. The molecule has 1 aliphatic rings. The highest BCUT2D eigenvalue weighted by molar-refractivity contribution is 6.31. The summed E-state index contributed by atoms with van der Waals surface area (Å²) < 4.78 is 1.51. The lowest BCUT2D eigenvalue weighted by atomic mass is 10.1. The van der Waals surface area contributed by atoms with Gasteiger partial charge in [-0.15, -0.1) is 0 Å². The molecule has 0 unspecified atom stereocenters. The van der Waals surface area contributed by atoms with E-state index < -0.39 is 0 Å². The minimum atomic E-state index is -0.366. The van der Waals surface area contributed by atoms with E-state index in [0.29, 0.717) is 27.6 Å². The van der Waals surface area contributed by atoms with Crippen molar-refractivity contribution in [3.8, 4) is 5.69 Å². The number of aromatic nitrogens is 3. The Morgan fingerprint density at radius 2 is 1.90 bits per heavy atom. The molecule has 10 heteroatoms. The van der Waals surface area contributed by atoms with Crippen LogP contribution in [0.2, 0.25) is 5.02 Å². The molecular formula is C19H15ClN6O3. The third kappa shape index (κ3) is 3.94. The fraction of sp³-hybridized carbons (Fsp3) is 0.105. The summed E-state index contributed by atoms with van der Waals surface area (Å²) in [5.74, 6) is -0.805. The van der Waals surface area contributed by atoms with Crippen LogP contribution in [0.15, 0.2) is 55.1 Å². The Kier molecular flexibility index (Phi) is 4.96. The van der Waals surface area contributed by atoms with Gasteiger partial charge < -0.3 is 5.32 Å². The van der Waals surface area contributed by atoms with Crippen molar-refractivity contribution in [3.63, 3.8) is 0 Å². The molecule has 0 atom stereocenters. The minimum Gasteiger partial charge on any atom is -0.320 e. The topological polar surface area (TPSA) is 109 Å². The SMILES string of the molecule is O=C1CCC(=O)N(c2ccc(C(=O)Nc3cc(Cl)ccc3-n3cncn3)cc2)N1. The fourth-order valence-electron chi connectivity index (χ4n) is 2.88. The number of rotatable bonds is 4. The average molecular weight is 411 g/mol. The number of carbonyl (C=O) groups is 3. The zero-order valence-corrected chi connectivity index (χ0v) is 15.8. The smallest absolute Gasteiger partial charge is 0.255 e. The molecule has 3 aromatic rings. The van der Waals surface area contributed by atoms with Gasteiger partial charge in [0, 0.05) is 23.4 Å². The molecule has 0 aliphatic carbocycles. The van der Waals surface area contributed by atoms with Crippen LogP contribution in [0.25, 0.3) is 5.69 Å². The predicted octanol–water partition coefficient (Wildman–Crippen LogP) is 2.33. The predicted molar refractivity (Wildman–Crippen MR) is 106 cm³/mol. The van der Waals surface area contributed by atoms with E-state index in [-0.39, 0.29) is 30.6 Å². The maximum atomic E-state index is 12.7. The van der Waals surface area contributed by atoms with Crippen molar-refractivity contribution in [1.29, 1.82) is 0 Å². The highest BCUT2D eigenvalue weighted by Crippen LogP contribution is 2.25. The van der Waals surface area contributed by atoms with E-state index in [1.807, 2.05) is 0 Å². The van der Waals surface area contributed by atoms with Crippen LogP contribution in [0.4, 0.5) is 11.4 Å². The first-order valence-corrected chi connectivity index (χ1v) is 9.07. The van der Waals surface area contributed by atoms with E-state index in [9.17, 15) is 14.4 Å². The van der Waals surface area contributed by atoms with Crippen LogP contribution >= 0.6 is 11.6 Å². The lowest BCUT2D eigenvalue weighted by Crippen LogP contribution is -2.50. The lowest BCUT2D eigenvalue weighted by Gasteiger charge is -2.27. The van der Waals surface area contributed by atoms with Crippen molar-refractivity contribution in [2.24, 2.45) is 0 Å². The van der Waals surface area contributed by atoms with Crippen LogP contribution in [0.1, 0.15) is 23.2 Å². The van der Waals surface area contributed by atoms with Crippen LogP contribution in [-0.4, -0.2) is 32.5 Å². The van der Waals surface area contributed by atoms with Crippen molar-refractivity contribution < 1.29 is 14.4 Å². The Morgan fingerprint density at radius 3 is 2.62 bits per heavy atom. The third-order valence-corrected chi connectivity index (χ3v) is 4.55. The molecule has 0 saturated carbocycles. The maximum absolute atomic E-state index is 12.7. The number of hydrogen-bond donors (Lipinski definition) is 2. The van der Waals surface area contributed by atoms with Crippen molar-refractivity contribution in [2.45, 2.75) is 12.8 Å². The van der Waals surface area contributed by atoms with Gasteiger partial charge in [0.1, 0.15) is 12.7 Å². The minimum absolute atomic E-state index is 0.147. The molecule has 146 valence electrons. The number of nitrogens with one attached hydrogen (secondary N) is 2. The summed E-state index contributed by atoms with van der Waals surface area (Å²) in [6.45, 7) is 0. The lowest BCUT2D eigenvalue weighted by molar-refractivity contribution is -0.130. The number of amides is 3. The Hall–Kier alpha value is -3.72. The van der Waals surface area contributed by atoms with Crippen LogP contribution < -0.4 is 15.8 Å². The Labute approximate surface area is 170 Å². The number of nitrogens with zero attached hydrogens (tertiary/aromatic N) is 4. The van der Waals surface area contributed by atoms with E-state index in [4.69, 9.17) is 11.6 Å². The van der Waals surface area contributed by atoms with Gasteiger partial charge in [0.25, 0.3) is 5.91 Å². The van der Waals surface area contributed by atoms with Gasteiger partial charge in [0.2, 0.25) is 11.8 Å². The molecule has 4 rings (SSSR count). The second kappa shape index (κ2) is 7.72. The molecule has 1 saturated heterocycles. The molecule has 0 radical (unpaired) electrons. The standard InChI is InChI=1S/C19H15ClN6O3/c20-13-3-6-16(25-11-21-10-22-25)15(9-13)23-19(29)12-1-4-14(5-2-12)26-18(28)8-7-17(27)24-26/h1-6,9-11H,7-8H2,(H,23,29)(H,24,27). The quantitative estimate of drug-likeness (QED) is 0.686. The first-order chi connectivity index (χ1) is 14.0. The van der Waals surface area contributed by atoms with Crippen LogP contribution in [-0.2, 0) is 9.59 Å². The molecule has 2 N–H and O–H groups in total. The molecule has 29 heavy (non-hydrogen) atoms. The van der Waals surface area contributed by atoms with Crippen LogP contribution in [0, 0.1) is 0 Å². The second-order valence-electron chi connectivity index (χ2n) is 6.27.